The van der Waals surface area contributed by atoms with Crippen LogP contribution in [0, 0.1) is 0 Å². The van der Waals surface area contributed by atoms with E-state index in [0.717, 1.165) is 5.56 Å². The lowest BCUT2D eigenvalue weighted by atomic mass is 10.0. The van der Waals surface area contributed by atoms with Crippen LogP contribution >= 0.6 is 0 Å². The molecule has 8 heteroatoms. The molecule has 0 aliphatic heterocycles. The van der Waals surface area contributed by atoms with Crippen molar-refractivity contribution in [2.45, 2.75) is 38.2 Å². The minimum Gasteiger partial charge on any atom is -0.426 e. The third-order valence-corrected chi connectivity index (χ3v) is 5.96. The Morgan fingerprint density at radius 1 is 0.879 bits per heavy atom. The fourth-order valence-electron chi connectivity index (χ4n) is 2.97. The van der Waals surface area contributed by atoms with Gasteiger partial charge in [0.05, 0.1) is 11.5 Å². The zero-order valence-electron chi connectivity index (χ0n) is 18.5. The number of benzene rings is 3. The highest BCUT2D eigenvalue weighted by Gasteiger charge is 2.18. The zero-order chi connectivity index (χ0) is 24.0. The van der Waals surface area contributed by atoms with Crippen LogP contribution < -0.4 is 9.47 Å². The highest BCUT2D eigenvalue weighted by molar-refractivity contribution is 7.86. The minimum atomic E-state index is -3.95. The molecule has 0 aromatic heterocycles. The Balaban J connectivity index is 1.69. The maximum atomic E-state index is 12.6. The summed E-state index contributed by atoms with van der Waals surface area (Å²) < 4.78 is 40.6. The third kappa shape index (κ3) is 6.50. The molecule has 0 saturated carbocycles. The van der Waals surface area contributed by atoms with Crippen molar-refractivity contribution >= 4 is 22.1 Å². The van der Waals surface area contributed by atoms with Gasteiger partial charge in [0.2, 0.25) is 0 Å². The summed E-state index contributed by atoms with van der Waals surface area (Å²) in [6.45, 7) is 5.05. The Labute approximate surface area is 193 Å². The first-order valence-electron chi connectivity index (χ1n) is 10.2. The smallest absolute Gasteiger partial charge is 0.347 e. The molecular formula is C25H24O7S. The van der Waals surface area contributed by atoms with Crippen LogP contribution in [0.1, 0.15) is 48.2 Å². The van der Waals surface area contributed by atoms with Crippen molar-refractivity contribution in [1.29, 1.82) is 0 Å². The van der Waals surface area contributed by atoms with Crippen LogP contribution in [0.2, 0.25) is 0 Å². The molecule has 0 aliphatic carbocycles. The van der Waals surface area contributed by atoms with Crippen LogP contribution in [0.15, 0.2) is 77.7 Å². The van der Waals surface area contributed by atoms with Crippen molar-refractivity contribution in [3.05, 3.63) is 89.5 Å². The van der Waals surface area contributed by atoms with Gasteiger partial charge in [-0.3, -0.25) is 8.98 Å². The van der Waals surface area contributed by atoms with Gasteiger partial charge in [0.25, 0.3) is 10.1 Å². The van der Waals surface area contributed by atoms with Crippen molar-refractivity contribution in [1.82, 2.24) is 0 Å². The summed E-state index contributed by atoms with van der Waals surface area (Å²) in [6.07, 6.45) is 0. The summed E-state index contributed by atoms with van der Waals surface area (Å²) in [5.41, 5.74) is 1.61. The summed E-state index contributed by atoms with van der Waals surface area (Å²) in [4.78, 5) is 23.9. The van der Waals surface area contributed by atoms with Gasteiger partial charge in [0, 0.05) is 6.92 Å². The van der Waals surface area contributed by atoms with Gasteiger partial charge >= 0.3 is 11.9 Å². The summed E-state index contributed by atoms with van der Waals surface area (Å²) in [5, 5.41) is 0. The first-order valence-corrected chi connectivity index (χ1v) is 11.6. The van der Waals surface area contributed by atoms with Crippen LogP contribution in [-0.2, 0) is 25.7 Å². The summed E-state index contributed by atoms with van der Waals surface area (Å²) in [6, 6.07) is 19.1. The molecule has 0 aliphatic rings. The monoisotopic (exact) mass is 468 g/mol. The van der Waals surface area contributed by atoms with Gasteiger partial charge in [-0.1, -0.05) is 50.2 Å². The van der Waals surface area contributed by atoms with Crippen molar-refractivity contribution < 1.29 is 31.7 Å². The van der Waals surface area contributed by atoms with Crippen LogP contribution in [0.3, 0.4) is 0 Å². The number of carbonyl (C=O) groups excluding carboxylic acids is 2. The first kappa shape index (κ1) is 24.2. The molecule has 3 aromatic rings. The molecule has 7 nitrogen and oxygen atoms in total. The maximum absolute atomic E-state index is 12.6. The van der Waals surface area contributed by atoms with E-state index in [9.17, 15) is 18.0 Å². The number of esters is 2. The molecular weight excluding hydrogens is 444 g/mol. The van der Waals surface area contributed by atoms with Crippen molar-refractivity contribution in [2.75, 3.05) is 0 Å². The average molecular weight is 469 g/mol. The second kappa shape index (κ2) is 10.4. The van der Waals surface area contributed by atoms with E-state index in [1.807, 2.05) is 13.8 Å². The highest BCUT2D eigenvalue weighted by atomic mass is 32.2. The SMILES string of the molecule is CC(=O)Oc1ccccc1C(=O)Oc1cccc(COS(=O)(=O)c2ccc(C(C)C)cc2)c1. The van der Waals surface area contributed by atoms with Gasteiger partial charge in [-0.25, -0.2) is 4.79 Å². The Bertz CT molecular complexity index is 1250. The van der Waals surface area contributed by atoms with Gasteiger partial charge in [-0.2, -0.15) is 8.42 Å². The Morgan fingerprint density at radius 3 is 2.24 bits per heavy atom. The number of carbonyl (C=O) groups is 2. The van der Waals surface area contributed by atoms with Crippen LogP contribution in [0.5, 0.6) is 11.5 Å². The second-order valence-corrected chi connectivity index (χ2v) is 9.18. The molecule has 0 unspecified atom stereocenters. The molecule has 3 aromatic carbocycles. The predicted molar refractivity (Wildman–Crippen MR) is 122 cm³/mol. The molecule has 0 heterocycles. The maximum Gasteiger partial charge on any atom is 0.347 e. The third-order valence-electron chi connectivity index (χ3n) is 4.69. The predicted octanol–water partition coefficient (Wildman–Crippen LogP) is 4.86. The normalized spacial score (nSPS) is 11.3. The Morgan fingerprint density at radius 2 is 1.58 bits per heavy atom. The lowest BCUT2D eigenvalue weighted by molar-refractivity contribution is -0.131. The Kier molecular flexibility index (Phi) is 7.63. The van der Waals surface area contributed by atoms with Gasteiger partial charge in [0.15, 0.2) is 0 Å². The van der Waals surface area contributed by atoms with Gasteiger partial charge < -0.3 is 9.47 Å². The molecule has 0 atom stereocenters. The van der Waals surface area contributed by atoms with E-state index in [1.165, 1.54) is 37.3 Å². The molecule has 0 amide bonds. The molecule has 33 heavy (non-hydrogen) atoms. The van der Waals surface area contributed by atoms with Crippen LogP contribution in [0.4, 0.5) is 0 Å². The van der Waals surface area contributed by atoms with E-state index in [-0.39, 0.29) is 34.5 Å². The average Bonchev–Trinajstić information content (AvgIpc) is 2.78. The summed E-state index contributed by atoms with van der Waals surface area (Å²) in [5.74, 6) is -0.715. The van der Waals surface area contributed by atoms with E-state index in [2.05, 4.69) is 0 Å². The standard InChI is InChI=1S/C25H24O7S/c1-17(2)20-11-13-22(14-12-20)33(28,29)30-16-19-7-6-8-21(15-19)32-25(27)23-9-4-5-10-24(23)31-18(3)26/h4-15,17H,16H2,1-3H3. The zero-order valence-corrected chi connectivity index (χ0v) is 19.3. The number of ether oxygens (including phenoxy) is 2. The quantitative estimate of drug-likeness (QED) is 0.265. The fraction of sp³-hybridized carbons (Fsp3) is 0.200. The molecule has 0 spiro atoms. The summed E-state index contributed by atoms with van der Waals surface area (Å²) in [7, 11) is -3.95. The van der Waals surface area contributed by atoms with E-state index in [0.29, 0.717) is 5.56 Å². The van der Waals surface area contributed by atoms with Gasteiger partial charge in [-0.05, 0) is 53.4 Å². The molecule has 0 bridgehead atoms. The van der Waals surface area contributed by atoms with Gasteiger partial charge in [-0.15, -0.1) is 0 Å². The molecule has 0 radical (unpaired) electrons. The Hall–Kier alpha value is -3.49. The highest BCUT2D eigenvalue weighted by Crippen LogP contribution is 2.23. The topological polar surface area (TPSA) is 96.0 Å². The van der Waals surface area contributed by atoms with E-state index in [1.54, 1.807) is 42.5 Å². The summed E-state index contributed by atoms with van der Waals surface area (Å²) >= 11 is 0. The van der Waals surface area contributed by atoms with E-state index in [4.69, 9.17) is 13.7 Å². The van der Waals surface area contributed by atoms with Crippen molar-refractivity contribution in [3.63, 3.8) is 0 Å². The largest absolute Gasteiger partial charge is 0.426 e. The second-order valence-electron chi connectivity index (χ2n) is 7.57. The van der Waals surface area contributed by atoms with Gasteiger partial charge in [0.1, 0.15) is 17.1 Å². The number of hydrogen-bond acceptors (Lipinski definition) is 7. The molecule has 172 valence electrons. The van der Waals surface area contributed by atoms with Crippen LogP contribution in [-0.4, -0.2) is 20.4 Å². The lowest BCUT2D eigenvalue weighted by Gasteiger charge is -2.10. The minimum absolute atomic E-state index is 0.0663. The van der Waals surface area contributed by atoms with Crippen LogP contribution in [0.25, 0.3) is 0 Å². The molecule has 0 N–H and O–H groups in total. The van der Waals surface area contributed by atoms with Crippen molar-refractivity contribution in [2.24, 2.45) is 0 Å². The molecule has 0 fully saturated rings. The number of hydrogen-bond donors (Lipinski definition) is 0. The number of para-hydroxylation sites is 1. The molecule has 0 saturated heterocycles. The first-order chi connectivity index (χ1) is 15.7. The van der Waals surface area contributed by atoms with E-state index >= 15 is 0 Å². The lowest BCUT2D eigenvalue weighted by Crippen LogP contribution is -2.12. The van der Waals surface area contributed by atoms with E-state index < -0.39 is 22.1 Å². The molecule has 3 rings (SSSR count). The van der Waals surface area contributed by atoms with Crippen molar-refractivity contribution in [3.8, 4) is 11.5 Å². The fourth-order valence-corrected chi connectivity index (χ4v) is 3.87. The number of rotatable bonds is 8.